The SMILES string of the molecule is CC(CNCC1(C)CC1)C(=O)OCc1ccccc1. The topological polar surface area (TPSA) is 38.3 Å². The third kappa shape index (κ3) is 4.67. The Kier molecular flexibility index (Phi) is 4.59. The summed E-state index contributed by atoms with van der Waals surface area (Å²) in [6, 6.07) is 9.78. The molecule has 0 heterocycles. The normalized spacial score (nSPS) is 17.8. The Labute approximate surface area is 115 Å². The van der Waals surface area contributed by atoms with Crippen LogP contribution in [0.4, 0.5) is 0 Å². The van der Waals surface area contributed by atoms with Crippen LogP contribution in [0.5, 0.6) is 0 Å². The van der Waals surface area contributed by atoms with E-state index in [9.17, 15) is 4.79 Å². The van der Waals surface area contributed by atoms with Crippen molar-refractivity contribution in [2.45, 2.75) is 33.3 Å². The van der Waals surface area contributed by atoms with E-state index in [1.807, 2.05) is 37.3 Å². The van der Waals surface area contributed by atoms with Crippen molar-refractivity contribution in [1.82, 2.24) is 5.32 Å². The molecule has 2 rings (SSSR count). The highest BCUT2D eigenvalue weighted by Crippen LogP contribution is 2.43. The Balaban J connectivity index is 1.64. The van der Waals surface area contributed by atoms with Crippen molar-refractivity contribution in [2.24, 2.45) is 11.3 Å². The van der Waals surface area contributed by atoms with Crippen LogP contribution in [-0.4, -0.2) is 19.1 Å². The van der Waals surface area contributed by atoms with Gasteiger partial charge in [0.15, 0.2) is 0 Å². The molecule has 1 aliphatic carbocycles. The van der Waals surface area contributed by atoms with Crippen molar-refractivity contribution in [3.05, 3.63) is 35.9 Å². The monoisotopic (exact) mass is 261 g/mol. The van der Waals surface area contributed by atoms with Crippen molar-refractivity contribution in [3.63, 3.8) is 0 Å². The average molecular weight is 261 g/mol. The number of esters is 1. The molecule has 1 atom stereocenters. The highest BCUT2D eigenvalue weighted by molar-refractivity contribution is 5.72. The molecular formula is C16H23NO2. The molecule has 0 saturated heterocycles. The van der Waals surface area contributed by atoms with Gasteiger partial charge in [-0.1, -0.05) is 44.2 Å². The molecule has 1 N–H and O–H groups in total. The maximum Gasteiger partial charge on any atom is 0.310 e. The zero-order chi connectivity index (χ0) is 13.7. The van der Waals surface area contributed by atoms with Crippen LogP contribution in [0.1, 0.15) is 32.3 Å². The van der Waals surface area contributed by atoms with Gasteiger partial charge in [0.05, 0.1) is 5.92 Å². The van der Waals surface area contributed by atoms with Gasteiger partial charge < -0.3 is 10.1 Å². The number of benzene rings is 1. The lowest BCUT2D eigenvalue weighted by molar-refractivity contribution is -0.149. The van der Waals surface area contributed by atoms with E-state index < -0.39 is 0 Å². The summed E-state index contributed by atoms with van der Waals surface area (Å²) in [5.74, 6) is -0.219. The summed E-state index contributed by atoms with van der Waals surface area (Å²) >= 11 is 0. The molecule has 3 heteroatoms. The fourth-order valence-electron chi connectivity index (χ4n) is 1.93. The van der Waals surface area contributed by atoms with Crippen LogP contribution in [0, 0.1) is 11.3 Å². The first kappa shape index (κ1) is 14.1. The van der Waals surface area contributed by atoms with E-state index in [1.54, 1.807) is 0 Å². The standard InChI is InChI=1S/C16H23NO2/c1-13(10-17-12-16(2)8-9-16)15(18)19-11-14-6-4-3-5-7-14/h3-7,13,17H,8-12H2,1-2H3. The fraction of sp³-hybridized carbons (Fsp3) is 0.562. The van der Waals surface area contributed by atoms with Crippen molar-refractivity contribution in [1.29, 1.82) is 0 Å². The second-order valence-electron chi connectivity index (χ2n) is 5.94. The van der Waals surface area contributed by atoms with Crippen LogP contribution in [0.3, 0.4) is 0 Å². The molecule has 3 nitrogen and oxygen atoms in total. The van der Waals surface area contributed by atoms with E-state index in [4.69, 9.17) is 4.74 Å². The number of nitrogens with one attached hydrogen (secondary N) is 1. The number of rotatable bonds is 7. The molecule has 0 bridgehead atoms. The van der Waals surface area contributed by atoms with Crippen molar-refractivity contribution >= 4 is 5.97 Å². The summed E-state index contributed by atoms with van der Waals surface area (Å²) in [7, 11) is 0. The highest BCUT2D eigenvalue weighted by Gasteiger charge is 2.36. The Morgan fingerprint density at radius 3 is 2.68 bits per heavy atom. The van der Waals surface area contributed by atoms with Crippen molar-refractivity contribution in [2.75, 3.05) is 13.1 Å². The van der Waals surface area contributed by atoms with Gasteiger partial charge in [0.1, 0.15) is 6.61 Å². The second kappa shape index (κ2) is 6.20. The van der Waals surface area contributed by atoms with Gasteiger partial charge in [0.2, 0.25) is 0 Å². The molecule has 1 aliphatic rings. The van der Waals surface area contributed by atoms with E-state index in [0.29, 0.717) is 18.6 Å². The highest BCUT2D eigenvalue weighted by atomic mass is 16.5. The molecular weight excluding hydrogens is 238 g/mol. The first-order valence-electron chi connectivity index (χ1n) is 7.00. The van der Waals surface area contributed by atoms with Gasteiger partial charge in [-0.05, 0) is 23.8 Å². The Morgan fingerprint density at radius 1 is 1.37 bits per heavy atom. The van der Waals surface area contributed by atoms with Crippen LogP contribution < -0.4 is 5.32 Å². The molecule has 0 spiro atoms. The molecule has 0 aliphatic heterocycles. The molecule has 0 radical (unpaired) electrons. The molecule has 0 amide bonds. The summed E-state index contributed by atoms with van der Waals surface area (Å²) in [6.07, 6.45) is 2.60. The predicted molar refractivity (Wildman–Crippen MR) is 75.6 cm³/mol. The molecule has 1 saturated carbocycles. The summed E-state index contributed by atoms with van der Waals surface area (Å²) in [6.45, 7) is 6.25. The lowest BCUT2D eigenvalue weighted by Crippen LogP contribution is -2.31. The molecule has 104 valence electrons. The second-order valence-corrected chi connectivity index (χ2v) is 5.94. The van der Waals surface area contributed by atoms with Crippen molar-refractivity contribution in [3.8, 4) is 0 Å². The molecule has 1 unspecified atom stereocenters. The van der Waals surface area contributed by atoms with Gasteiger partial charge >= 0.3 is 5.97 Å². The van der Waals surface area contributed by atoms with Gasteiger partial charge in [-0.2, -0.15) is 0 Å². The minimum Gasteiger partial charge on any atom is -0.461 e. The quantitative estimate of drug-likeness (QED) is 0.767. The summed E-state index contributed by atoms with van der Waals surface area (Å²) in [5.41, 5.74) is 1.51. The third-order valence-electron chi connectivity index (χ3n) is 3.73. The van der Waals surface area contributed by atoms with Gasteiger partial charge in [0, 0.05) is 13.1 Å². The van der Waals surface area contributed by atoms with Crippen LogP contribution >= 0.6 is 0 Å². The predicted octanol–water partition coefficient (Wildman–Crippen LogP) is 2.76. The number of ether oxygens (including phenoxy) is 1. The maximum absolute atomic E-state index is 11.8. The first-order chi connectivity index (χ1) is 9.09. The minimum atomic E-state index is -0.127. The largest absolute Gasteiger partial charge is 0.461 e. The molecule has 19 heavy (non-hydrogen) atoms. The molecule has 1 fully saturated rings. The molecule has 1 aromatic rings. The Morgan fingerprint density at radius 2 is 2.05 bits per heavy atom. The summed E-state index contributed by atoms with van der Waals surface area (Å²) in [5, 5.41) is 3.37. The van der Waals surface area contributed by atoms with Gasteiger partial charge in [-0.3, -0.25) is 4.79 Å². The lowest BCUT2D eigenvalue weighted by atomic mass is 10.1. The van der Waals surface area contributed by atoms with Gasteiger partial charge in [-0.25, -0.2) is 0 Å². The van der Waals surface area contributed by atoms with Gasteiger partial charge in [-0.15, -0.1) is 0 Å². The van der Waals surface area contributed by atoms with Crippen LogP contribution in [-0.2, 0) is 16.1 Å². The average Bonchev–Trinajstić information content (AvgIpc) is 3.15. The summed E-state index contributed by atoms with van der Waals surface area (Å²) in [4.78, 5) is 11.8. The number of hydrogen-bond acceptors (Lipinski definition) is 3. The Hall–Kier alpha value is -1.35. The van der Waals surface area contributed by atoms with E-state index in [2.05, 4.69) is 12.2 Å². The zero-order valence-electron chi connectivity index (χ0n) is 11.8. The van der Waals surface area contributed by atoms with E-state index in [0.717, 1.165) is 12.1 Å². The fourth-order valence-corrected chi connectivity index (χ4v) is 1.93. The van der Waals surface area contributed by atoms with E-state index in [-0.39, 0.29) is 11.9 Å². The van der Waals surface area contributed by atoms with Gasteiger partial charge in [0.25, 0.3) is 0 Å². The lowest BCUT2D eigenvalue weighted by Gasteiger charge is -2.14. The Bertz CT molecular complexity index is 412. The first-order valence-corrected chi connectivity index (χ1v) is 7.00. The third-order valence-corrected chi connectivity index (χ3v) is 3.73. The van der Waals surface area contributed by atoms with Crippen molar-refractivity contribution < 1.29 is 9.53 Å². The van der Waals surface area contributed by atoms with Crippen LogP contribution in [0.2, 0.25) is 0 Å². The zero-order valence-corrected chi connectivity index (χ0v) is 11.8. The van der Waals surface area contributed by atoms with E-state index in [1.165, 1.54) is 12.8 Å². The molecule has 1 aromatic carbocycles. The summed E-state index contributed by atoms with van der Waals surface area (Å²) < 4.78 is 5.31. The maximum atomic E-state index is 11.8. The minimum absolute atomic E-state index is 0.0916. The number of carbonyl (C=O) groups excluding carboxylic acids is 1. The molecule has 0 aromatic heterocycles. The number of carbonyl (C=O) groups is 1. The van der Waals surface area contributed by atoms with Crippen LogP contribution in [0.25, 0.3) is 0 Å². The van der Waals surface area contributed by atoms with E-state index >= 15 is 0 Å². The van der Waals surface area contributed by atoms with Crippen LogP contribution in [0.15, 0.2) is 30.3 Å². The number of hydrogen-bond donors (Lipinski definition) is 1. The smallest absolute Gasteiger partial charge is 0.310 e.